The van der Waals surface area contributed by atoms with E-state index in [-0.39, 0.29) is 17.4 Å². The number of ketones is 1. The minimum absolute atomic E-state index is 0.00351. The van der Waals surface area contributed by atoms with Crippen molar-refractivity contribution in [1.29, 1.82) is 0 Å². The summed E-state index contributed by atoms with van der Waals surface area (Å²) < 4.78 is 7.64. The molecule has 39 heavy (non-hydrogen) atoms. The summed E-state index contributed by atoms with van der Waals surface area (Å²) in [6, 6.07) is 23.9. The predicted molar refractivity (Wildman–Crippen MR) is 153 cm³/mol. The monoisotopic (exact) mass is 539 g/mol. The fraction of sp³-hybridized carbons (Fsp3) is 0.200. The summed E-state index contributed by atoms with van der Waals surface area (Å²) in [5, 5.41) is 11.4. The second kappa shape index (κ2) is 11.6. The van der Waals surface area contributed by atoms with Crippen LogP contribution in [0, 0.1) is 6.92 Å². The standard InChI is InChI=1S/C30H29N5O3S/c1-4-38-25-13-9-8-12-23(25)27-26(28(37)32-22-10-6-5-7-11-22)20(3)31-29-33-30(34-35(27)29)39-18-24(36)21-16-14-19(2)15-17-21/h5-17,27H,4,18H2,1-3H3,(H,32,37)(H,31,33,34)/t27-/m1/s1. The molecule has 1 aliphatic heterocycles. The van der Waals surface area contributed by atoms with Crippen molar-refractivity contribution >= 4 is 35.1 Å². The molecule has 0 aliphatic carbocycles. The summed E-state index contributed by atoms with van der Waals surface area (Å²) in [4.78, 5) is 31.1. The quantitative estimate of drug-likeness (QED) is 0.202. The Morgan fingerprint density at radius 1 is 1.00 bits per heavy atom. The van der Waals surface area contributed by atoms with Gasteiger partial charge in [-0.1, -0.05) is 78.0 Å². The molecule has 0 unspecified atom stereocenters. The number of rotatable bonds is 9. The summed E-state index contributed by atoms with van der Waals surface area (Å²) in [7, 11) is 0. The van der Waals surface area contributed by atoms with Crippen molar-refractivity contribution < 1.29 is 14.3 Å². The second-order valence-electron chi connectivity index (χ2n) is 9.10. The molecule has 3 aromatic carbocycles. The lowest BCUT2D eigenvalue weighted by molar-refractivity contribution is -0.113. The highest BCUT2D eigenvalue weighted by molar-refractivity contribution is 7.99. The molecule has 2 N–H and O–H groups in total. The molecule has 1 atom stereocenters. The smallest absolute Gasteiger partial charge is 0.255 e. The maximum absolute atomic E-state index is 13.7. The number of benzene rings is 3. The number of carbonyl (C=O) groups excluding carboxylic acids is 2. The Hall–Kier alpha value is -4.37. The maximum atomic E-state index is 13.7. The summed E-state index contributed by atoms with van der Waals surface area (Å²) in [6.45, 7) is 6.23. The molecule has 8 nitrogen and oxygen atoms in total. The molecule has 198 valence electrons. The van der Waals surface area contributed by atoms with Gasteiger partial charge in [0.25, 0.3) is 5.91 Å². The van der Waals surface area contributed by atoms with Gasteiger partial charge >= 0.3 is 0 Å². The zero-order chi connectivity index (χ0) is 27.4. The van der Waals surface area contributed by atoms with Crippen LogP contribution in [-0.2, 0) is 4.79 Å². The molecule has 1 aromatic heterocycles. The summed E-state index contributed by atoms with van der Waals surface area (Å²) in [6.07, 6.45) is 0. The van der Waals surface area contributed by atoms with Gasteiger partial charge < -0.3 is 15.4 Å². The molecule has 1 amide bonds. The van der Waals surface area contributed by atoms with Crippen LogP contribution in [-0.4, -0.2) is 38.8 Å². The van der Waals surface area contributed by atoms with Crippen LogP contribution in [0.4, 0.5) is 11.6 Å². The van der Waals surface area contributed by atoms with E-state index in [4.69, 9.17) is 9.84 Å². The van der Waals surface area contributed by atoms with E-state index in [1.807, 2.05) is 99.6 Å². The summed E-state index contributed by atoms with van der Waals surface area (Å²) in [5.41, 5.74) is 4.38. The normalized spacial score (nSPS) is 14.4. The number of Topliss-reactive ketones (excluding diaryl/α,β-unsaturated/α-hetero) is 1. The number of ether oxygens (including phenoxy) is 1. The average Bonchev–Trinajstić information content (AvgIpc) is 3.35. The number of aromatic nitrogens is 3. The van der Waals surface area contributed by atoms with Crippen LogP contribution in [0.15, 0.2) is 95.3 Å². The van der Waals surface area contributed by atoms with Crippen LogP contribution >= 0.6 is 11.8 Å². The minimum Gasteiger partial charge on any atom is -0.494 e. The highest BCUT2D eigenvalue weighted by atomic mass is 32.2. The van der Waals surface area contributed by atoms with E-state index < -0.39 is 6.04 Å². The van der Waals surface area contributed by atoms with E-state index in [1.165, 1.54) is 11.8 Å². The molecule has 9 heteroatoms. The summed E-state index contributed by atoms with van der Waals surface area (Å²) >= 11 is 1.26. The van der Waals surface area contributed by atoms with E-state index in [9.17, 15) is 9.59 Å². The number of nitrogens with one attached hydrogen (secondary N) is 2. The number of fused-ring (bicyclic) bond motifs is 1. The third-order valence-corrected chi connectivity index (χ3v) is 7.17. The molecule has 1 aliphatic rings. The zero-order valence-corrected chi connectivity index (χ0v) is 22.8. The lowest BCUT2D eigenvalue weighted by atomic mass is 9.94. The van der Waals surface area contributed by atoms with Crippen molar-refractivity contribution in [3.8, 4) is 5.75 Å². The number of amides is 1. The molecular weight excluding hydrogens is 510 g/mol. The van der Waals surface area contributed by atoms with Gasteiger partial charge in [-0.3, -0.25) is 9.59 Å². The van der Waals surface area contributed by atoms with Crippen molar-refractivity contribution in [2.45, 2.75) is 32.0 Å². The van der Waals surface area contributed by atoms with Crippen molar-refractivity contribution in [1.82, 2.24) is 14.8 Å². The first-order valence-corrected chi connectivity index (χ1v) is 13.7. The Kier molecular flexibility index (Phi) is 7.79. The SMILES string of the molecule is CCOc1ccccc1[C@@H]1C(C(=O)Nc2ccccc2)=C(C)Nc2nc(SCC(=O)c3ccc(C)cc3)nn21. The molecule has 2 heterocycles. The van der Waals surface area contributed by atoms with Gasteiger partial charge in [0.1, 0.15) is 11.8 Å². The third-order valence-electron chi connectivity index (χ3n) is 6.33. The zero-order valence-electron chi connectivity index (χ0n) is 22.0. The van der Waals surface area contributed by atoms with Gasteiger partial charge in [-0.05, 0) is 39.0 Å². The van der Waals surface area contributed by atoms with Gasteiger partial charge in [-0.25, -0.2) is 4.68 Å². The molecule has 0 bridgehead atoms. The number of hydrogen-bond donors (Lipinski definition) is 2. The molecule has 0 spiro atoms. The van der Waals surface area contributed by atoms with Crippen molar-refractivity contribution in [3.63, 3.8) is 0 Å². The molecule has 4 aromatic rings. The number of hydrogen-bond acceptors (Lipinski definition) is 7. The summed E-state index contributed by atoms with van der Waals surface area (Å²) in [5.74, 6) is 1.09. The van der Waals surface area contributed by atoms with Gasteiger partial charge in [0.15, 0.2) is 5.78 Å². The number of carbonyl (C=O) groups is 2. The van der Waals surface area contributed by atoms with Crippen LogP contribution in [0.3, 0.4) is 0 Å². The Morgan fingerprint density at radius 2 is 1.72 bits per heavy atom. The first-order valence-electron chi connectivity index (χ1n) is 12.7. The van der Waals surface area contributed by atoms with Gasteiger partial charge in [0.05, 0.1) is 17.9 Å². The molecule has 0 saturated carbocycles. The Bertz CT molecular complexity index is 1530. The predicted octanol–water partition coefficient (Wildman–Crippen LogP) is 5.89. The van der Waals surface area contributed by atoms with E-state index >= 15 is 0 Å². The fourth-order valence-corrected chi connectivity index (χ4v) is 5.16. The Morgan fingerprint density at radius 3 is 2.46 bits per heavy atom. The van der Waals surface area contributed by atoms with Gasteiger partial charge in [0, 0.05) is 22.5 Å². The Balaban J connectivity index is 1.48. The van der Waals surface area contributed by atoms with Crippen molar-refractivity contribution in [3.05, 3.63) is 107 Å². The number of aryl methyl sites for hydroxylation is 1. The van der Waals surface area contributed by atoms with Crippen LogP contribution in [0.1, 0.15) is 41.4 Å². The lowest BCUT2D eigenvalue weighted by Gasteiger charge is -2.29. The van der Waals surface area contributed by atoms with Crippen LogP contribution in [0.2, 0.25) is 0 Å². The van der Waals surface area contributed by atoms with Crippen molar-refractivity contribution in [2.75, 3.05) is 23.0 Å². The van der Waals surface area contributed by atoms with Crippen LogP contribution < -0.4 is 15.4 Å². The molecular formula is C30H29N5O3S. The topological polar surface area (TPSA) is 98.1 Å². The minimum atomic E-state index is -0.595. The highest BCUT2D eigenvalue weighted by Crippen LogP contribution is 2.40. The fourth-order valence-electron chi connectivity index (χ4n) is 4.44. The molecule has 0 radical (unpaired) electrons. The number of nitrogens with zero attached hydrogens (tertiary/aromatic N) is 3. The largest absolute Gasteiger partial charge is 0.494 e. The van der Waals surface area contributed by atoms with E-state index in [0.717, 1.165) is 11.1 Å². The number of allylic oxidation sites excluding steroid dienone is 1. The van der Waals surface area contributed by atoms with Crippen molar-refractivity contribution in [2.24, 2.45) is 0 Å². The first-order chi connectivity index (χ1) is 18.9. The number of anilines is 2. The molecule has 0 saturated heterocycles. The second-order valence-corrected chi connectivity index (χ2v) is 10.0. The van der Waals surface area contributed by atoms with Gasteiger partial charge in [-0.15, -0.1) is 5.10 Å². The Labute approximate surface area is 231 Å². The van der Waals surface area contributed by atoms with E-state index in [0.29, 0.717) is 46.0 Å². The van der Waals surface area contributed by atoms with Crippen LogP contribution in [0.25, 0.3) is 0 Å². The molecule has 5 rings (SSSR count). The molecule has 0 fully saturated rings. The van der Waals surface area contributed by atoms with Gasteiger partial charge in [0.2, 0.25) is 11.1 Å². The number of thioether (sulfide) groups is 1. The lowest BCUT2D eigenvalue weighted by Crippen LogP contribution is -2.31. The van der Waals surface area contributed by atoms with E-state index in [2.05, 4.69) is 15.6 Å². The van der Waals surface area contributed by atoms with E-state index in [1.54, 1.807) is 4.68 Å². The maximum Gasteiger partial charge on any atom is 0.255 e. The first kappa shape index (κ1) is 26.2. The average molecular weight is 540 g/mol. The highest BCUT2D eigenvalue weighted by Gasteiger charge is 2.36. The van der Waals surface area contributed by atoms with Gasteiger partial charge in [-0.2, -0.15) is 4.98 Å². The van der Waals surface area contributed by atoms with Crippen LogP contribution in [0.5, 0.6) is 5.75 Å². The number of para-hydroxylation sites is 2. The third kappa shape index (κ3) is 5.73.